The van der Waals surface area contributed by atoms with Gasteiger partial charge in [-0.25, -0.2) is 0 Å². The van der Waals surface area contributed by atoms with Gasteiger partial charge in [-0.3, -0.25) is 0 Å². The van der Waals surface area contributed by atoms with Gasteiger partial charge >= 0.3 is 0 Å². The molecule has 0 saturated heterocycles. The number of allylic oxidation sites excluding steroid dienone is 3. The lowest BCUT2D eigenvalue weighted by Gasteiger charge is -2.35. The Hall–Kier alpha value is -1.03. The van der Waals surface area contributed by atoms with E-state index in [1.54, 1.807) is 11.6 Å². The minimum absolute atomic E-state index is 0.632. The molecule has 0 radical (unpaired) electrons. The predicted octanol–water partition coefficient (Wildman–Crippen LogP) is 6.82. The monoisotopic (exact) mass is 313 g/mol. The van der Waals surface area contributed by atoms with Crippen molar-refractivity contribution < 1.29 is 0 Å². The molecule has 0 aromatic rings. The van der Waals surface area contributed by atoms with Crippen LogP contribution in [-0.2, 0) is 0 Å². The lowest BCUT2D eigenvalue weighted by molar-refractivity contribution is 0.253. The maximum absolute atomic E-state index is 8.65. The molecule has 1 nitrogen and oxygen atoms in total. The average molecular weight is 314 g/mol. The van der Waals surface area contributed by atoms with E-state index in [0.29, 0.717) is 5.92 Å². The summed E-state index contributed by atoms with van der Waals surface area (Å²) in [5.41, 5.74) is 1.57. The molecule has 1 heteroatoms. The second-order valence-electron chi connectivity index (χ2n) is 7.89. The fraction of sp³-hybridized carbons (Fsp3) is 0.773. The molecule has 128 valence electrons. The normalized spacial score (nSPS) is 31.8. The molecule has 0 atom stereocenters. The summed E-state index contributed by atoms with van der Waals surface area (Å²) >= 11 is 0. The molecule has 0 aromatic carbocycles. The molecule has 2 fully saturated rings. The minimum atomic E-state index is 0.632. The first-order chi connectivity index (χ1) is 11.2. The highest BCUT2D eigenvalue weighted by Gasteiger charge is 2.28. The van der Waals surface area contributed by atoms with Crippen LogP contribution < -0.4 is 0 Å². The molecule has 23 heavy (non-hydrogen) atoms. The molecule has 2 rings (SSSR count). The van der Waals surface area contributed by atoms with Crippen LogP contribution in [0.3, 0.4) is 0 Å². The standard InChI is InChI=1S/C22H35N/c1-3-4-5-7-19-9-13-21(14-10-19)18(2)22-15-11-20(12-16-22)8-6-17-23/h6,8,19-22H,2-5,7,9-16H2,1H3. The summed E-state index contributed by atoms with van der Waals surface area (Å²) in [6.07, 6.45) is 20.2. The first-order valence-corrected chi connectivity index (χ1v) is 9.99. The second kappa shape index (κ2) is 9.96. The Kier molecular flexibility index (Phi) is 7.93. The molecule has 0 amide bonds. The smallest absolute Gasteiger partial charge is 0.0908 e. The molecule has 2 aliphatic carbocycles. The van der Waals surface area contributed by atoms with Crippen molar-refractivity contribution in [1.29, 1.82) is 5.26 Å². The summed E-state index contributed by atoms with van der Waals surface area (Å²) in [6.45, 7) is 6.82. The number of rotatable bonds is 7. The van der Waals surface area contributed by atoms with E-state index in [1.807, 2.05) is 0 Å². The molecule has 0 aromatic heterocycles. The maximum atomic E-state index is 8.65. The lowest BCUT2D eigenvalue weighted by atomic mass is 9.70. The molecule has 0 spiro atoms. The Morgan fingerprint density at radius 2 is 1.61 bits per heavy atom. The third-order valence-corrected chi connectivity index (χ3v) is 6.33. The van der Waals surface area contributed by atoms with Gasteiger partial charge in [-0.1, -0.05) is 50.8 Å². The molecule has 0 unspecified atom stereocenters. The number of hydrogen-bond donors (Lipinski definition) is 0. The van der Waals surface area contributed by atoms with Crippen molar-refractivity contribution in [3.05, 3.63) is 24.3 Å². The number of nitriles is 1. The van der Waals surface area contributed by atoms with Gasteiger partial charge in [-0.05, 0) is 75.0 Å². The predicted molar refractivity (Wildman–Crippen MR) is 98.9 cm³/mol. The van der Waals surface area contributed by atoms with Gasteiger partial charge in [0.2, 0.25) is 0 Å². The van der Waals surface area contributed by atoms with E-state index in [4.69, 9.17) is 5.26 Å². The summed E-state index contributed by atoms with van der Waals surface area (Å²) in [7, 11) is 0. The van der Waals surface area contributed by atoms with Crippen LogP contribution in [0.25, 0.3) is 0 Å². The highest BCUT2D eigenvalue weighted by atomic mass is 14.3. The Morgan fingerprint density at radius 1 is 1.00 bits per heavy atom. The molecule has 0 heterocycles. The van der Waals surface area contributed by atoms with Crippen LogP contribution in [0, 0.1) is 35.0 Å². The fourth-order valence-electron chi connectivity index (χ4n) is 4.70. The SMILES string of the molecule is C=C(C1CCC(C=CC#N)CC1)C1CCC(CCCCC)CC1. The van der Waals surface area contributed by atoms with Crippen LogP contribution in [0.4, 0.5) is 0 Å². The van der Waals surface area contributed by atoms with Gasteiger partial charge in [0.15, 0.2) is 0 Å². The largest absolute Gasteiger partial charge is 0.193 e. The van der Waals surface area contributed by atoms with Gasteiger partial charge in [0.05, 0.1) is 6.07 Å². The van der Waals surface area contributed by atoms with E-state index < -0.39 is 0 Å². The molecule has 0 N–H and O–H groups in total. The third-order valence-electron chi connectivity index (χ3n) is 6.33. The Balaban J connectivity index is 1.69. The van der Waals surface area contributed by atoms with Crippen LogP contribution in [0.15, 0.2) is 24.3 Å². The summed E-state index contributed by atoms with van der Waals surface area (Å²) in [5, 5.41) is 8.65. The van der Waals surface area contributed by atoms with Crippen molar-refractivity contribution in [2.24, 2.45) is 23.7 Å². The topological polar surface area (TPSA) is 23.8 Å². The van der Waals surface area contributed by atoms with Gasteiger partial charge < -0.3 is 0 Å². The zero-order chi connectivity index (χ0) is 16.5. The molecular weight excluding hydrogens is 278 g/mol. The van der Waals surface area contributed by atoms with Crippen molar-refractivity contribution in [2.45, 2.75) is 84.0 Å². The molecule has 2 saturated carbocycles. The van der Waals surface area contributed by atoms with Crippen molar-refractivity contribution in [3.8, 4) is 6.07 Å². The van der Waals surface area contributed by atoms with Gasteiger partial charge in [0.25, 0.3) is 0 Å². The Morgan fingerprint density at radius 3 is 2.17 bits per heavy atom. The average Bonchev–Trinajstić information content (AvgIpc) is 2.61. The number of unbranched alkanes of at least 4 members (excludes halogenated alkanes) is 2. The number of hydrogen-bond acceptors (Lipinski definition) is 1. The van der Waals surface area contributed by atoms with Gasteiger partial charge in [0.1, 0.15) is 0 Å². The van der Waals surface area contributed by atoms with Gasteiger partial charge in [-0.2, -0.15) is 5.26 Å². The van der Waals surface area contributed by atoms with E-state index in [2.05, 4.69) is 25.6 Å². The Labute approximate surface area is 143 Å². The quantitative estimate of drug-likeness (QED) is 0.287. The zero-order valence-corrected chi connectivity index (χ0v) is 15.1. The van der Waals surface area contributed by atoms with E-state index in [1.165, 1.54) is 77.0 Å². The van der Waals surface area contributed by atoms with Gasteiger partial charge in [0, 0.05) is 6.08 Å². The first-order valence-electron chi connectivity index (χ1n) is 9.99. The van der Waals surface area contributed by atoms with E-state index >= 15 is 0 Å². The van der Waals surface area contributed by atoms with E-state index in [-0.39, 0.29) is 0 Å². The summed E-state index contributed by atoms with van der Waals surface area (Å²) in [5.74, 6) is 3.18. The molecule has 0 bridgehead atoms. The van der Waals surface area contributed by atoms with Crippen molar-refractivity contribution >= 4 is 0 Å². The molecular formula is C22H35N. The summed E-state index contributed by atoms with van der Waals surface area (Å²) in [4.78, 5) is 0. The highest BCUT2D eigenvalue weighted by Crippen LogP contribution is 2.42. The number of nitrogens with zero attached hydrogens (tertiary/aromatic N) is 1. The maximum Gasteiger partial charge on any atom is 0.0908 e. The summed E-state index contributed by atoms with van der Waals surface area (Å²) < 4.78 is 0. The highest BCUT2D eigenvalue weighted by molar-refractivity contribution is 5.10. The van der Waals surface area contributed by atoms with E-state index in [0.717, 1.165) is 17.8 Å². The Bertz CT molecular complexity index is 412. The summed E-state index contributed by atoms with van der Waals surface area (Å²) in [6, 6.07) is 2.12. The van der Waals surface area contributed by atoms with E-state index in [9.17, 15) is 0 Å². The van der Waals surface area contributed by atoms with Crippen LogP contribution in [0.2, 0.25) is 0 Å². The van der Waals surface area contributed by atoms with Crippen molar-refractivity contribution in [1.82, 2.24) is 0 Å². The second-order valence-corrected chi connectivity index (χ2v) is 7.89. The fourth-order valence-corrected chi connectivity index (χ4v) is 4.70. The van der Waals surface area contributed by atoms with Crippen molar-refractivity contribution in [3.63, 3.8) is 0 Å². The molecule has 2 aliphatic rings. The van der Waals surface area contributed by atoms with Crippen LogP contribution >= 0.6 is 0 Å². The lowest BCUT2D eigenvalue weighted by Crippen LogP contribution is -2.22. The van der Waals surface area contributed by atoms with Crippen LogP contribution in [0.5, 0.6) is 0 Å². The van der Waals surface area contributed by atoms with Gasteiger partial charge in [-0.15, -0.1) is 0 Å². The van der Waals surface area contributed by atoms with Crippen molar-refractivity contribution in [2.75, 3.05) is 0 Å². The van der Waals surface area contributed by atoms with Crippen LogP contribution in [0.1, 0.15) is 84.0 Å². The minimum Gasteiger partial charge on any atom is -0.193 e. The molecule has 0 aliphatic heterocycles. The zero-order valence-electron chi connectivity index (χ0n) is 15.1. The van der Waals surface area contributed by atoms with Crippen LogP contribution in [-0.4, -0.2) is 0 Å². The first kappa shape index (κ1) is 18.3. The third kappa shape index (κ3) is 5.83.